The average Bonchev–Trinajstić information content (AvgIpc) is 2.85. The number of hydrogen-bond acceptors (Lipinski definition) is 4. The third-order valence-corrected chi connectivity index (χ3v) is 4.24. The Kier molecular flexibility index (Phi) is 3.99. The monoisotopic (exact) mass is 289 g/mol. The lowest BCUT2D eigenvalue weighted by atomic mass is 10.2. The summed E-state index contributed by atoms with van der Waals surface area (Å²) in [6.07, 6.45) is 2.41. The highest BCUT2D eigenvalue weighted by Crippen LogP contribution is 2.26. The normalized spacial score (nSPS) is 20.8. The van der Waals surface area contributed by atoms with E-state index in [0.717, 1.165) is 29.4 Å². The van der Waals surface area contributed by atoms with Gasteiger partial charge in [0.05, 0.1) is 0 Å². The molecule has 1 atom stereocenters. The average molecular weight is 290 g/mol. The number of anilines is 1. The molecule has 0 aliphatic carbocycles. The van der Waals surface area contributed by atoms with Gasteiger partial charge in [-0.1, -0.05) is 6.92 Å². The van der Waals surface area contributed by atoms with E-state index in [-0.39, 0.29) is 0 Å². The van der Waals surface area contributed by atoms with Crippen LogP contribution in [0.15, 0.2) is 9.98 Å². The largest absolute Gasteiger partial charge is 0.344 e. The molecule has 0 aromatic carbocycles. The molecule has 0 spiro atoms. The zero-order valence-electron chi connectivity index (χ0n) is 8.87. The SMILES string of the molecule is CCCN(c1nc(Br)cs1)C1CCNC1. The van der Waals surface area contributed by atoms with Crippen molar-refractivity contribution < 1.29 is 0 Å². The lowest BCUT2D eigenvalue weighted by molar-refractivity contribution is 0.623. The van der Waals surface area contributed by atoms with Gasteiger partial charge in [0.25, 0.3) is 0 Å². The zero-order chi connectivity index (χ0) is 10.7. The van der Waals surface area contributed by atoms with Crippen LogP contribution in [0.5, 0.6) is 0 Å². The van der Waals surface area contributed by atoms with Gasteiger partial charge in [-0.2, -0.15) is 0 Å². The first-order valence-corrected chi connectivity index (χ1v) is 7.07. The molecule has 1 aromatic rings. The highest BCUT2D eigenvalue weighted by Gasteiger charge is 2.23. The fourth-order valence-corrected chi connectivity index (χ4v) is 3.31. The van der Waals surface area contributed by atoms with Crippen molar-refractivity contribution >= 4 is 32.4 Å². The minimum absolute atomic E-state index is 0.628. The Labute approximate surface area is 103 Å². The van der Waals surface area contributed by atoms with Crippen molar-refractivity contribution in [2.24, 2.45) is 0 Å². The molecule has 1 fully saturated rings. The summed E-state index contributed by atoms with van der Waals surface area (Å²) in [6, 6.07) is 0.628. The molecule has 0 saturated carbocycles. The van der Waals surface area contributed by atoms with Gasteiger partial charge in [-0.3, -0.25) is 0 Å². The maximum Gasteiger partial charge on any atom is 0.186 e. The van der Waals surface area contributed by atoms with E-state index in [9.17, 15) is 0 Å². The van der Waals surface area contributed by atoms with Gasteiger partial charge in [-0.25, -0.2) is 4.98 Å². The predicted molar refractivity (Wildman–Crippen MR) is 68.7 cm³/mol. The number of thiazole rings is 1. The Morgan fingerprint density at radius 2 is 2.60 bits per heavy atom. The van der Waals surface area contributed by atoms with Gasteiger partial charge < -0.3 is 10.2 Å². The molecule has 84 valence electrons. The molecule has 0 radical (unpaired) electrons. The number of rotatable bonds is 4. The molecule has 0 bridgehead atoms. The Morgan fingerprint density at radius 1 is 1.73 bits per heavy atom. The summed E-state index contributed by atoms with van der Waals surface area (Å²) in [4.78, 5) is 6.95. The molecule has 0 amide bonds. The molecule has 2 heterocycles. The van der Waals surface area contributed by atoms with Crippen LogP contribution < -0.4 is 10.2 Å². The molecule has 1 N–H and O–H groups in total. The van der Waals surface area contributed by atoms with Gasteiger partial charge in [0.2, 0.25) is 0 Å². The predicted octanol–water partition coefficient (Wildman–Crippen LogP) is 2.48. The molecule has 1 saturated heterocycles. The summed E-state index contributed by atoms with van der Waals surface area (Å²) in [5.41, 5.74) is 0. The van der Waals surface area contributed by atoms with Gasteiger partial charge in [0.1, 0.15) is 4.60 Å². The van der Waals surface area contributed by atoms with E-state index in [1.165, 1.54) is 12.8 Å². The van der Waals surface area contributed by atoms with E-state index in [1.807, 2.05) is 0 Å². The smallest absolute Gasteiger partial charge is 0.186 e. The molecule has 3 nitrogen and oxygen atoms in total. The minimum atomic E-state index is 0.628. The van der Waals surface area contributed by atoms with Crippen LogP contribution in [0.1, 0.15) is 19.8 Å². The fourth-order valence-electron chi connectivity index (χ4n) is 1.96. The van der Waals surface area contributed by atoms with E-state index in [2.05, 4.69) is 43.4 Å². The van der Waals surface area contributed by atoms with Gasteiger partial charge in [0.15, 0.2) is 5.13 Å². The van der Waals surface area contributed by atoms with Gasteiger partial charge in [-0.15, -0.1) is 11.3 Å². The molecule has 15 heavy (non-hydrogen) atoms. The van der Waals surface area contributed by atoms with Crippen molar-refractivity contribution in [2.75, 3.05) is 24.5 Å². The molecule has 1 aliphatic rings. The quantitative estimate of drug-likeness (QED) is 0.923. The third-order valence-electron chi connectivity index (χ3n) is 2.65. The summed E-state index contributed by atoms with van der Waals surface area (Å²) in [5.74, 6) is 0. The van der Waals surface area contributed by atoms with Crippen LogP contribution in [-0.4, -0.2) is 30.7 Å². The molecule has 1 unspecified atom stereocenters. The third kappa shape index (κ3) is 2.71. The van der Waals surface area contributed by atoms with Crippen molar-refractivity contribution in [3.8, 4) is 0 Å². The van der Waals surface area contributed by atoms with Crippen LogP contribution >= 0.6 is 27.3 Å². The summed E-state index contributed by atoms with van der Waals surface area (Å²) in [7, 11) is 0. The van der Waals surface area contributed by atoms with Crippen LogP contribution in [-0.2, 0) is 0 Å². The summed E-state index contributed by atoms with van der Waals surface area (Å²) >= 11 is 5.14. The van der Waals surface area contributed by atoms with Crippen LogP contribution in [0.2, 0.25) is 0 Å². The lowest BCUT2D eigenvalue weighted by Crippen LogP contribution is -2.37. The highest BCUT2D eigenvalue weighted by atomic mass is 79.9. The zero-order valence-corrected chi connectivity index (χ0v) is 11.3. The van der Waals surface area contributed by atoms with E-state index >= 15 is 0 Å². The number of halogens is 1. The highest BCUT2D eigenvalue weighted by molar-refractivity contribution is 9.10. The van der Waals surface area contributed by atoms with Gasteiger partial charge in [0, 0.05) is 24.5 Å². The number of aromatic nitrogens is 1. The van der Waals surface area contributed by atoms with Crippen molar-refractivity contribution in [1.82, 2.24) is 10.3 Å². The Morgan fingerprint density at radius 3 is 3.13 bits per heavy atom. The molecule has 5 heteroatoms. The van der Waals surface area contributed by atoms with E-state index < -0.39 is 0 Å². The second-order valence-electron chi connectivity index (χ2n) is 3.79. The number of nitrogens with zero attached hydrogens (tertiary/aromatic N) is 2. The van der Waals surface area contributed by atoms with Crippen molar-refractivity contribution in [1.29, 1.82) is 0 Å². The summed E-state index contributed by atoms with van der Waals surface area (Å²) in [6.45, 7) is 5.55. The maximum atomic E-state index is 4.51. The maximum absolute atomic E-state index is 4.51. The Bertz CT molecular complexity index is 309. The molecule has 1 aliphatic heterocycles. The van der Waals surface area contributed by atoms with Crippen molar-refractivity contribution in [3.05, 3.63) is 9.98 Å². The van der Waals surface area contributed by atoms with E-state index in [4.69, 9.17) is 0 Å². The topological polar surface area (TPSA) is 28.2 Å². The first kappa shape index (κ1) is 11.4. The van der Waals surface area contributed by atoms with E-state index in [1.54, 1.807) is 11.3 Å². The summed E-state index contributed by atoms with van der Waals surface area (Å²) < 4.78 is 0.953. The van der Waals surface area contributed by atoms with Crippen LogP contribution in [0, 0.1) is 0 Å². The Hall–Kier alpha value is -0.130. The lowest BCUT2D eigenvalue weighted by Gasteiger charge is -2.27. The van der Waals surface area contributed by atoms with E-state index in [0.29, 0.717) is 6.04 Å². The fraction of sp³-hybridized carbons (Fsp3) is 0.700. The van der Waals surface area contributed by atoms with Crippen LogP contribution in [0.3, 0.4) is 0 Å². The minimum Gasteiger partial charge on any atom is -0.344 e. The van der Waals surface area contributed by atoms with Gasteiger partial charge in [-0.05, 0) is 35.3 Å². The molecule has 2 rings (SSSR count). The van der Waals surface area contributed by atoms with Crippen molar-refractivity contribution in [2.45, 2.75) is 25.8 Å². The van der Waals surface area contributed by atoms with Crippen LogP contribution in [0.25, 0.3) is 0 Å². The standard InChI is InChI=1S/C10H16BrN3S/c1-2-5-14(8-3-4-12-6-8)10-13-9(11)7-15-10/h7-8,12H,2-6H2,1H3. The Balaban J connectivity index is 2.11. The van der Waals surface area contributed by atoms with Crippen molar-refractivity contribution in [3.63, 3.8) is 0 Å². The summed E-state index contributed by atoms with van der Waals surface area (Å²) in [5, 5.41) is 6.62. The van der Waals surface area contributed by atoms with Gasteiger partial charge >= 0.3 is 0 Å². The number of hydrogen-bond donors (Lipinski definition) is 1. The molecular formula is C10H16BrN3S. The number of nitrogens with one attached hydrogen (secondary N) is 1. The molecular weight excluding hydrogens is 274 g/mol. The molecule has 1 aromatic heterocycles. The second kappa shape index (κ2) is 5.27. The van der Waals surface area contributed by atoms with Crippen LogP contribution in [0.4, 0.5) is 5.13 Å². The second-order valence-corrected chi connectivity index (χ2v) is 5.44. The first-order chi connectivity index (χ1) is 7.31. The first-order valence-electron chi connectivity index (χ1n) is 5.39.